The molecule has 0 aromatic carbocycles. The zero-order valence-electron chi connectivity index (χ0n) is 12.2. The molecule has 1 aliphatic rings. The largest absolute Gasteiger partial charge is 0.307 e. The van der Waals surface area contributed by atoms with Gasteiger partial charge in [-0.2, -0.15) is 0 Å². The van der Waals surface area contributed by atoms with Crippen molar-refractivity contribution in [1.82, 2.24) is 5.32 Å². The molecule has 1 N–H and O–H groups in total. The van der Waals surface area contributed by atoms with Crippen LogP contribution in [0.25, 0.3) is 0 Å². The number of hydrogen-bond donors (Lipinski definition) is 1. The molecular formula is C15H31N. The van der Waals surface area contributed by atoms with Gasteiger partial charge in [0.15, 0.2) is 0 Å². The quantitative estimate of drug-likeness (QED) is 0.749. The zero-order valence-corrected chi connectivity index (χ0v) is 12.2. The number of piperidine rings is 1. The highest BCUT2D eigenvalue weighted by Gasteiger charge is 2.36. The summed E-state index contributed by atoms with van der Waals surface area (Å²) in [5.74, 6) is 1.78. The summed E-state index contributed by atoms with van der Waals surface area (Å²) in [6.45, 7) is 14.1. The zero-order chi connectivity index (χ0) is 12.4. The van der Waals surface area contributed by atoms with Gasteiger partial charge < -0.3 is 5.32 Å². The van der Waals surface area contributed by atoms with Crippen LogP contribution in [0.2, 0.25) is 0 Å². The van der Waals surface area contributed by atoms with Gasteiger partial charge in [-0.15, -0.1) is 0 Å². The summed E-state index contributed by atoms with van der Waals surface area (Å²) in [5, 5.41) is 3.76. The van der Waals surface area contributed by atoms with Crippen LogP contribution in [-0.4, -0.2) is 11.1 Å². The van der Waals surface area contributed by atoms with E-state index in [9.17, 15) is 0 Å². The maximum Gasteiger partial charge on any atom is 0.0132 e. The van der Waals surface area contributed by atoms with Crippen LogP contribution >= 0.6 is 0 Å². The Hall–Kier alpha value is -0.0400. The molecular weight excluding hydrogens is 194 g/mol. The summed E-state index contributed by atoms with van der Waals surface area (Å²) in [4.78, 5) is 0. The van der Waals surface area contributed by atoms with Gasteiger partial charge >= 0.3 is 0 Å². The van der Waals surface area contributed by atoms with Crippen LogP contribution in [-0.2, 0) is 0 Å². The summed E-state index contributed by atoms with van der Waals surface area (Å²) in [5.41, 5.74) is 0.647. The maximum absolute atomic E-state index is 3.76. The first-order valence-electron chi connectivity index (χ1n) is 6.99. The topological polar surface area (TPSA) is 12.0 Å². The highest BCUT2D eigenvalue weighted by molar-refractivity contribution is 4.96. The Morgan fingerprint density at radius 2 is 1.56 bits per heavy atom. The van der Waals surface area contributed by atoms with Gasteiger partial charge in [0.05, 0.1) is 0 Å². The summed E-state index contributed by atoms with van der Waals surface area (Å²) in [7, 11) is 0. The van der Waals surface area contributed by atoms with Gasteiger partial charge in [-0.05, 0) is 52.4 Å². The summed E-state index contributed by atoms with van der Waals surface area (Å²) >= 11 is 0. The van der Waals surface area contributed by atoms with Crippen molar-refractivity contribution >= 4 is 0 Å². The van der Waals surface area contributed by atoms with Crippen LogP contribution in [0.4, 0.5) is 0 Å². The lowest BCUT2D eigenvalue weighted by molar-refractivity contribution is 0.121. The van der Waals surface area contributed by atoms with E-state index in [4.69, 9.17) is 0 Å². The average molecular weight is 225 g/mol. The normalized spacial score (nSPS) is 24.9. The van der Waals surface area contributed by atoms with Crippen LogP contribution in [0.1, 0.15) is 73.6 Å². The van der Waals surface area contributed by atoms with E-state index in [-0.39, 0.29) is 0 Å². The summed E-state index contributed by atoms with van der Waals surface area (Å²) < 4.78 is 0. The summed E-state index contributed by atoms with van der Waals surface area (Å²) in [6.07, 6.45) is 6.91. The minimum absolute atomic E-state index is 0.324. The minimum Gasteiger partial charge on any atom is -0.307 e. The molecule has 0 saturated carbocycles. The van der Waals surface area contributed by atoms with Crippen molar-refractivity contribution in [3.05, 3.63) is 0 Å². The minimum atomic E-state index is 0.324. The predicted molar refractivity (Wildman–Crippen MR) is 72.7 cm³/mol. The van der Waals surface area contributed by atoms with E-state index in [0.717, 1.165) is 11.8 Å². The average Bonchev–Trinajstić information content (AvgIpc) is 1.96. The smallest absolute Gasteiger partial charge is 0.0132 e. The third kappa shape index (κ3) is 4.86. The first-order chi connectivity index (χ1) is 7.20. The second kappa shape index (κ2) is 5.08. The summed E-state index contributed by atoms with van der Waals surface area (Å²) in [6, 6.07) is 0. The molecule has 0 bridgehead atoms. The lowest BCUT2D eigenvalue weighted by Crippen LogP contribution is -2.57. The molecule has 0 atom stereocenters. The van der Waals surface area contributed by atoms with E-state index in [2.05, 4.69) is 46.9 Å². The number of hydrogen-bond acceptors (Lipinski definition) is 1. The van der Waals surface area contributed by atoms with Crippen molar-refractivity contribution in [2.24, 2.45) is 11.8 Å². The Morgan fingerprint density at radius 3 is 2.00 bits per heavy atom. The third-order valence-electron chi connectivity index (χ3n) is 3.67. The molecule has 1 rings (SSSR count). The fourth-order valence-corrected chi connectivity index (χ4v) is 3.55. The Bertz CT molecular complexity index is 199. The molecule has 1 heterocycles. The predicted octanol–water partition coefficient (Wildman–Crippen LogP) is 4.37. The van der Waals surface area contributed by atoms with Gasteiger partial charge in [0, 0.05) is 11.1 Å². The van der Waals surface area contributed by atoms with Crippen molar-refractivity contribution in [2.45, 2.75) is 84.7 Å². The SMILES string of the molecule is CC(C)CCCC1CC(C)(C)NC(C)(C)C1. The van der Waals surface area contributed by atoms with Gasteiger partial charge in [0.1, 0.15) is 0 Å². The van der Waals surface area contributed by atoms with Crippen molar-refractivity contribution in [1.29, 1.82) is 0 Å². The molecule has 16 heavy (non-hydrogen) atoms. The molecule has 0 aromatic rings. The fraction of sp³-hybridized carbons (Fsp3) is 1.00. The monoisotopic (exact) mass is 225 g/mol. The van der Waals surface area contributed by atoms with Crippen LogP contribution in [0.3, 0.4) is 0 Å². The molecule has 0 radical (unpaired) electrons. The Labute approximate surface area is 102 Å². The number of rotatable bonds is 4. The van der Waals surface area contributed by atoms with Crippen LogP contribution in [0.5, 0.6) is 0 Å². The number of nitrogens with one attached hydrogen (secondary N) is 1. The highest BCUT2D eigenvalue weighted by atomic mass is 15.0. The van der Waals surface area contributed by atoms with E-state index in [1.54, 1.807) is 0 Å². The van der Waals surface area contributed by atoms with Gasteiger partial charge in [0.2, 0.25) is 0 Å². The van der Waals surface area contributed by atoms with Crippen molar-refractivity contribution < 1.29 is 0 Å². The second-order valence-electron chi connectivity index (χ2n) is 7.49. The van der Waals surface area contributed by atoms with E-state index in [1.807, 2.05) is 0 Å². The van der Waals surface area contributed by atoms with E-state index in [1.165, 1.54) is 32.1 Å². The molecule has 1 saturated heterocycles. The van der Waals surface area contributed by atoms with Gasteiger partial charge in [-0.1, -0.05) is 33.1 Å². The van der Waals surface area contributed by atoms with E-state index >= 15 is 0 Å². The first kappa shape index (κ1) is 14.0. The Morgan fingerprint density at radius 1 is 1.06 bits per heavy atom. The second-order valence-corrected chi connectivity index (χ2v) is 7.49. The Kier molecular flexibility index (Phi) is 4.45. The van der Waals surface area contributed by atoms with E-state index in [0.29, 0.717) is 11.1 Å². The maximum atomic E-state index is 3.76. The van der Waals surface area contributed by atoms with Gasteiger partial charge in [0.25, 0.3) is 0 Å². The van der Waals surface area contributed by atoms with Gasteiger partial charge in [-0.25, -0.2) is 0 Å². The van der Waals surface area contributed by atoms with Crippen molar-refractivity contribution in [3.63, 3.8) is 0 Å². The van der Waals surface area contributed by atoms with Crippen LogP contribution < -0.4 is 5.32 Å². The standard InChI is InChI=1S/C15H31N/c1-12(2)8-7-9-13-10-14(3,4)16-15(5,6)11-13/h12-13,16H,7-11H2,1-6H3. The van der Waals surface area contributed by atoms with Gasteiger partial charge in [-0.3, -0.25) is 0 Å². The first-order valence-corrected chi connectivity index (χ1v) is 6.99. The molecule has 0 spiro atoms. The van der Waals surface area contributed by atoms with Crippen LogP contribution in [0.15, 0.2) is 0 Å². The molecule has 1 aliphatic heterocycles. The fourth-order valence-electron chi connectivity index (χ4n) is 3.55. The molecule has 0 unspecified atom stereocenters. The molecule has 0 amide bonds. The molecule has 96 valence electrons. The molecule has 0 aliphatic carbocycles. The molecule has 1 fully saturated rings. The lowest BCUT2D eigenvalue weighted by Gasteiger charge is -2.46. The highest BCUT2D eigenvalue weighted by Crippen LogP contribution is 2.35. The molecule has 1 nitrogen and oxygen atoms in total. The Balaban J connectivity index is 2.42. The van der Waals surface area contributed by atoms with Crippen LogP contribution in [0, 0.1) is 11.8 Å². The van der Waals surface area contributed by atoms with Crippen molar-refractivity contribution in [3.8, 4) is 0 Å². The molecule has 1 heteroatoms. The lowest BCUT2D eigenvalue weighted by atomic mass is 9.74. The van der Waals surface area contributed by atoms with E-state index < -0.39 is 0 Å². The third-order valence-corrected chi connectivity index (χ3v) is 3.67. The van der Waals surface area contributed by atoms with Crippen molar-refractivity contribution in [2.75, 3.05) is 0 Å². The molecule has 0 aromatic heterocycles.